The molecule has 11 heteroatoms. The van der Waals surface area contributed by atoms with Crippen molar-refractivity contribution < 1.29 is 32.6 Å². The lowest BCUT2D eigenvalue weighted by Gasteiger charge is -2.36. The van der Waals surface area contributed by atoms with Gasteiger partial charge >= 0.3 is 0 Å². The molecule has 2 N–H and O–H groups in total. The summed E-state index contributed by atoms with van der Waals surface area (Å²) in [6.07, 6.45) is 8.21. The minimum absolute atomic E-state index is 0.0581. The van der Waals surface area contributed by atoms with Gasteiger partial charge in [0, 0.05) is 44.3 Å². The van der Waals surface area contributed by atoms with E-state index in [2.05, 4.69) is 4.72 Å². The van der Waals surface area contributed by atoms with Gasteiger partial charge in [0.1, 0.15) is 5.75 Å². The van der Waals surface area contributed by atoms with E-state index in [1.165, 1.54) is 12.5 Å². The van der Waals surface area contributed by atoms with Crippen LogP contribution < -0.4 is 9.46 Å². The van der Waals surface area contributed by atoms with Crippen LogP contribution in [0.1, 0.15) is 82.5 Å². The average molecular weight is 596 g/mol. The van der Waals surface area contributed by atoms with E-state index >= 15 is 0 Å². The lowest BCUT2D eigenvalue weighted by atomic mass is 9.88. The molecule has 0 unspecified atom stereocenters. The molecule has 2 amide bonds. The van der Waals surface area contributed by atoms with Gasteiger partial charge in [-0.1, -0.05) is 26.2 Å². The first-order chi connectivity index (χ1) is 19.4. The molecule has 0 radical (unpaired) electrons. The summed E-state index contributed by atoms with van der Waals surface area (Å²) in [5.41, 5.74) is 0.475. The maximum absolute atomic E-state index is 14.1. The van der Waals surface area contributed by atoms with E-state index in [9.17, 15) is 23.1 Å². The van der Waals surface area contributed by atoms with Crippen molar-refractivity contribution in [2.45, 2.75) is 90.4 Å². The molecule has 3 rings (SSSR count). The van der Waals surface area contributed by atoms with Gasteiger partial charge in [-0.25, -0.2) is 8.42 Å². The molecule has 1 saturated carbocycles. The number of benzene rings is 1. The number of aliphatic hydroxyl groups is 1. The summed E-state index contributed by atoms with van der Waals surface area (Å²) < 4.78 is 38.8. The van der Waals surface area contributed by atoms with E-state index in [0.717, 1.165) is 51.2 Å². The number of hydrogen-bond acceptors (Lipinski definition) is 7. The maximum atomic E-state index is 14.1. The predicted molar refractivity (Wildman–Crippen MR) is 160 cm³/mol. The molecule has 1 aromatic rings. The number of rotatable bonds is 7. The highest BCUT2D eigenvalue weighted by atomic mass is 32.2. The molecule has 0 saturated heterocycles. The fraction of sp³-hybridized carbons (Fsp3) is 0.733. The largest absolute Gasteiger partial charge is 0.490 e. The molecule has 1 aliphatic heterocycles. The quantitative estimate of drug-likeness (QED) is 0.490. The molecule has 41 heavy (non-hydrogen) atoms. The summed E-state index contributed by atoms with van der Waals surface area (Å²) >= 11 is 0. The van der Waals surface area contributed by atoms with Crippen molar-refractivity contribution in [1.82, 2.24) is 9.80 Å². The van der Waals surface area contributed by atoms with Crippen molar-refractivity contribution in [2.75, 3.05) is 44.3 Å². The number of nitrogens with zero attached hydrogens (tertiary/aromatic N) is 2. The first-order valence-corrected chi connectivity index (χ1v) is 16.9. The second-order valence-electron chi connectivity index (χ2n) is 11.9. The molecular formula is C30H49N3O7S. The van der Waals surface area contributed by atoms with Crippen molar-refractivity contribution in [3.05, 3.63) is 23.8 Å². The number of fused-ring (bicyclic) bond motifs is 1. The molecule has 0 aromatic heterocycles. The van der Waals surface area contributed by atoms with Gasteiger partial charge in [-0.05, 0) is 64.2 Å². The van der Waals surface area contributed by atoms with Gasteiger partial charge in [-0.15, -0.1) is 0 Å². The number of amides is 2. The number of likely N-dealkylation sites (N-methyl/N-ethyl adjacent to an activating group) is 1. The Morgan fingerprint density at radius 3 is 2.49 bits per heavy atom. The zero-order chi connectivity index (χ0) is 30.2. The third-order valence-electron chi connectivity index (χ3n) is 8.14. The Kier molecular flexibility index (Phi) is 12.3. The molecule has 1 aliphatic carbocycles. The Bertz CT molecular complexity index is 1120. The molecule has 0 spiro atoms. The van der Waals surface area contributed by atoms with E-state index < -0.39 is 16.1 Å². The molecule has 1 aromatic carbocycles. The van der Waals surface area contributed by atoms with Crippen LogP contribution in [0.2, 0.25) is 0 Å². The molecule has 4 atom stereocenters. The van der Waals surface area contributed by atoms with Gasteiger partial charge in [-0.2, -0.15) is 0 Å². The Morgan fingerprint density at radius 1 is 1.15 bits per heavy atom. The Labute approximate surface area is 245 Å². The number of sulfonamides is 1. The minimum Gasteiger partial charge on any atom is -0.490 e. The number of anilines is 1. The fourth-order valence-corrected chi connectivity index (χ4v) is 6.24. The molecule has 0 bridgehead atoms. The normalized spacial score (nSPS) is 24.5. The minimum atomic E-state index is -3.56. The number of carbonyl (C=O) groups excluding carboxylic acids is 2. The summed E-state index contributed by atoms with van der Waals surface area (Å²) in [5.74, 6) is 0.0514. The smallest absolute Gasteiger partial charge is 0.258 e. The Hall–Kier alpha value is -2.37. The third kappa shape index (κ3) is 9.85. The van der Waals surface area contributed by atoms with Gasteiger partial charge in [0.05, 0.1) is 36.7 Å². The molecule has 2 aliphatic rings. The van der Waals surface area contributed by atoms with Crippen molar-refractivity contribution in [3.63, 3.8) is 0 Å². The SMILES string of the molecule is C[C@@H]1CCCCO[C@H](CN(C)C(=O)C2CCCCC2)[C@H](C)CN([C@H](C)CO)C(=O)c2cc(NS(C)(=O)=O)ccc2O1. The summed E-state index contributed by atoms with van der Waals surface area (Å²) in [6, 6.07) is 4.17. The van der Waals surface area contributed by atoms with Crippen LogP contribution in [0.15, 0.2) is 18.2 Å². The van der Waals surface area contributed by atoms with Gasteiger partial charge in [0.25, 0.3) is 5.91 Å². The second-order valence-corrected chi connectivity index (χ2v) is 13.7. The van der Waals surface area contributed by atoms with Crippen LogP contribution in [0, 0.1) is 11.8 Å². The van der Waals surface area contributed by atoms with Crippen molar-refractivity contribution in [1.29, 1.82) is 0 Å². The first kappa shape index (κ1) is 33.1. The summed E-state index contributed by atoms with van der Waals surface area (Å²) in [4.78, 5) is 30.7. The topological polar surface area (TPSA) is 125 Å². The number of ether oxygens (including phenoxy) is 2. The molecule has 1 heterocycles. The highest BCUT2D eigenvalue weighted by Crippen LogP contribution is 2.29. The van der Waals surface area contributed by atoms with E-state index in [1.807, 2.05) is 20.9 Å². The van der Waals surface area contributed by atoms with Crippen molar-refractivity contribution in [3.8, 4) is 5.75 Å². The van der Waals surface area contributed by atoms with E-state index in [0.29, 0.717) is 18.9 Å². The third-order valence-corrected chi connectivity index (χ3v) is 8.75. The zero-order valence-corrected chi connectivity index (χ0v) is 26.1. The lowest BCUT2D eigenvalue weighted by molar-refractivity contribution is -0.137. The van der Waals surface area contributed by atoms with Crippen LogP contribution in [0.5, 0.6) is 5.75 Å². The number of nitrogens with one attached hydrogen (secondary N) is 1. The maximum Gasteiger partial charge on any atom is 0.258 e. The second kappa shape index (κ2) is 15.2. The number of carbonyl (C=O) groups is 2. The van der Waals surface area contributed by atoms with E-state index in [1.54, 1.807) is 28.9 Å². The van der Waals surface area contributed by atoms with Gasteiger partial charge in [-0.3, -0.25) is 14.3 Å². The Morgan fingerprint density at radius 2 is 1.83 bits per heavy atom. The highest BCUT2D eigenvalue weighted by molar-refractivity contribution is 7.92. The van der Waals surface area contributed by atoms with E-state index in [4.69, 9.17) is 9.47 Å². The van der Waals surface area contributed by atoms with Crippen LogP contribution in [0.4, 0.5) is 5.69 Å². The monoisotopic (exact) mass is 595 g/mol. The molecule has 10 nitrogen and oxygen atoms in total. The van der Waals surface area contributed by atoms with Crippen molar-refractivity contribution in [2.24, 2.45) is 11.8 Å². The van der Waals surface area contributed by atoms with Crippen LogP contribution in [0.3, 0.4) is 0 Å². The average Bonchev–Trinajstić information content (AvgIpc) is 2.93. The zero-order valence-electron chi connectivity index (χ0n) is 25.3. The standard InChI is InChI=1S/C30H49N3O7S/c1-21-18-33(22(2)20-34)30(36)26-17-25(31-41(5,37)38)14-15-27(26)40-23(3)11-9-10-16-39-28(21)19-32(4)29(35)24-12-7-6-8-13-24/h14-15,17,21-24,28,31,34H,6-13,16,18-20H2,1-5H3/t21-,22-,23-,28-/m1/s1. The van der Waals surface area contributed by atoms with E-state index in [-0.39, 0.29) is 60.3 Å². The molecule has 1 fully saturated rings. The van der Waals surface area contributed by atoms with Crippen LogP contribution in [-0.2, 0) is 19.6 Å². The summed E-state index contributed by atoms with van der Waals surface area (Å²) in [5, 5.41) is 10.1. The summed E-state index contributed by atoms with van der Waals surface area (Å²) in [6.45, 7) is 6.69. The first-order valence-electron chi connectivity index (χ1n) is 15.0. The predicted octanol–water partition coefficient (Wildman–Crippen LogP) is 3.89. The van der Waals surface area contributed by atoms with Gasteiger partial charge in [0.2, 0.25) is 15.9 Å². The molecule has 232 valence electrons. The van der Waals surface area contributed by atoms with Crippen LogP contribution in [-0.4, -0.2) is 93.0 Å². The Balaban J connectivity index is 1.92. The highest BCUT2D eigenvalue weighted by Gasteiger charge is 2.32. The van der Waals surface area contributed by atoms with Gasteiger partial charge in [0.15, 0.2) is 0 Å². The number of hydrogen-bond donors (Lipinski definition) is 2. The molecular weight excluding hydrogens is 546 g/mol. The summed E-state index contributed by atoms with van der Waals surface area (Å²) in [7, 11) is -1.73. The van der Waals surface area contributed by atoms with Gasteiger partial charge < -0.3 is 24.4 Å². The number of aliphatic hydroxyl groups excluding tert-OH is 1. The lowest BCUT2D eigenvalue weighted by Crippen LogP contribution is -2.48. The fourth-order valence-electron chi connectivity index (χ4n) is 5.68. The van der Waals surface area contributed by atoms with Crippen molar-refractivity contribution >= 4 is 27.5 Å². The van der Waals surface area contributed by atoms with Crippen LogP contribution >= 0.6 is 0 Å². The van der Waals surface area contributed by atoms with Crippen LogP contribution in [0.25, 0.3) is 0 Å².